The van der Waals surface area contributed by atoms with Crippen molar-refractivity contribution < 1.29 is 8.42 Å². The minimum atomic E-state index is -3.58. The lowest BCUT2D eigenvalue weighted by Gasteiger charge is -2.07. The average molecular weight is 313 g/mol. The number of aromatic nitrogens is 1. The van der Waals surface area contributed by atoms with Crippen molar-refractivity contribution in [2.75, 3.05) is 12.3 Å². The first-order chi connectivity index (χ1) is 10.1. The first kappa shape index (κ1) is 17.9. The van der Waals surface area contributed by atoms with E-state index < -0.39 is 10.0 Å². The molecule has 0 unspecified atom stereocenters. The van der Waals surface area contributed by atoms with Crippen LogP contribution in [0.5, 0.6) is 0 Å². The Kier molecular flexibility index (Phi) is 8.30. The molecule has 1 aromatic rings. The summed E-state index contributed by atoms with van der Waals surface area (Å²) in [5.74, 6) is 0. The third-order valence-corrected chi connectivity index (χ3v) is 4.81. The highest BCUT2D eigenvalue weighted by molar-refractivity contribution is 7.89. The van der Waals surface area contributed by atoms with Gasteiger partial charge in [-0.25, -0.2) is 18.1 Å². The van der Waals surface area contributed by atoms with E-state index in [-0.39, 0.29) is 10.7 Å². The molecule has 21 heavy (non-hydrogen) atoms. The van der Waals surface area contributed by atoms with Crippen LogP contribution in [-0.2, 0) is 10.0 Å². The summed E-state index contributed by atoms with van der Waals surface area (Å²) in [6.07, 6.45) is 10.9. The minimum Gasteiger partial charge on any atom is -0.396 e. The van der Waals surface area contributed by atoms with E-state index in [1.54, 1.807) is 6.07 Å². The Morgan fingerprint density at radius 1 is 1.10 bits per heavy atom. The average Bonchev–Trinajstić information content (AvgIpc) is 2.46. The summed E-state index contributed by atoms with van der Waals surface area (Å²) in [6, 6.07) is 3.16. The van der Waals surface area contributed by atoms with Crippen molar-refractivity contribution in [3.63, 3.8) is 0 Å². The highest BCUT2D eigenvalue weighted by atomic mass is 32.2. The summed E-state index contributed by atoms with van der Waals surface area (Å²) in [5, 5.41) is -0.0791. The molecule has 1 heterocycles. The zero-order valence-electron chi connectivity index (χ0n) is 12.8. The number of nitrogens with zero attached hydrogens (tertiary/aromatic N) is 1. The second-order valence-corrected chi connectivity index (χ2v) is 6.95. The van der Waals surface area contributed by atoms with Crippen molar-refractivity contribution in [3.8, 4) is 0 Å². The molecular formula is C15H27N3O2S. The van der Waals surface area contributed by atoms with E-state index in [0.717, 1.165) is 19.3 Å². The van der Waals surface area contributed by atoms with E-state index in [1.807, 2.05) is 0 Å². The topological polar surface area (TPSA) is 85.1 Å². The molecule has 1 aromatic heterocycles. The fourth-order valence-corrected chi connectivity index (χ4v) is 3.29. The van der Waals surface area contributed by atoms with Gasteiger partial charge in [-0.1, -0.05) is 51.9 Å². The molecule has 0 aliphatic carbocycles. The predicted molar refractivity (Wildman–Crippen MR) is 86.4 cm³/mol. The Hall–Kier alpha value is -1.14. The lowest BCUT2D eigenvalue weighted by atomic mass is 10.1. The second kappa shape index (κ2) is 9.73. The van der Waals surface area contributed by atoms with E-state index in [2.05, 4.69) is 16.6 Å². The van der Waals surface area contributed by atoms with E-state index in [1.165, 1.54) is 44.4 Å². The van der Waals surface area contributed by atoms with Crippen LogP contribution in [0.15, 0.2) is 23.4 Å². The normalized spacial score (nSPS) is 11.7. The maximum absolute atomic E-state index is 12.0. The van der Waals surface area contributed by atoms with Crippen LogP contribution in [0.2, 0.25) is 0 Å². The maximum atomic E-state index is 12.0. The van der Waals surface area contributed by atoms with Gasteiger partial charge in [0.2, 0.25) is 0 Å². The number of anilines is 1. The molecule has 0 aliphatic rings. The Balaban J connectivity index is 2.19. The smallest absolute Gasteiger partial charge is 0.260 e. The van der Waals surface area contributed by atoms with Crippen molar-refractivity contribution >= 4 is 15.7 Å². The van der Waals surface area contributed by atoms with Crippen LogP contribution in [0.3, 0.4) is 0 Å². The molecule has 0 aliphatic heterocycles. The van der Waals surface area contributed by atoms with Gasteiger partial charge >= 0.3 is 0 Å². The largest absolute Gasteiger partial charge is 0.396 e. The highest BCUT2D eigenvalue weighted by Crippen LogP contribution is 2.13. The molecule has 0 bridgehead atoms. The molecule has 120 valence electrons. The monoisotopic (exact) mass is 313 g/mol. The van der Waals surface area contributed by atoms with Gasteiger partial charge in [0.25, 0.3) is 10.0 Å². The van der Waals surface area contributed by atoms with Crippen LogP contribution in [0.25, 0.3) is 0 Å². The molecule has 0 fully saturated rings. The van der Waals surface area contributed by atoms with E-state index in [0.29, 0.717) is 6.54 Å². The summed E-state index contributed by atoms with van der Waals surface area (Å²) in [6.45, 7) is 2.65. The Morgan fingerprint density at radius 3 is 2.33 bits per heavy atom. The molecule has 6 heteroatoms. The molecule has 0 saturated heterocycles. The second-order valence-electron chi connectivity index (χ2n) is 5.27. The van der Waals surface area contributed by atoms with Crippen LogP contribution >= 0.6 is 0 Å². The number of nitrogens with two attached hydrogens (primary N) is 1. The summed E-state index contributed by atoms with van der Waals surface area (Å²) in [5.41, 5.74) is 5.82. The number of hydrogen-bond donors (Lipinski definition) is 2. The molecule has 3 N–H and O–H groups in total. The number of pyridine rings is 1. The molecular weight excluding hydrogens is 286 g/mol. The minimum absolute atomic E-state index is 0.0791. The molecule has 0 saturated carbocycles. The first-order valence-electron chi connectivity index (χ1n) is 7.78. The summed E-state index contributed by atoms with van der Waals surface area (Å²) >= 11 is 0. The zero-order valence-corrected chi connectivity index (χ0v) is 13.7. The molecule has 0 spiro atoms. The van der Waals surface area contributed by atoms with Crippen molar-refractivity contribution in [2.45, 2.75) is 63.3 Å². The standard InChI is InChI=1S/C15H27N3O2S/c1-2-3-4-5-6-7-8-9-13-18-21(19,20)15-14(16)11-10-12-17-15/h10-12,18H,2-9,13,16H2,1H3. The number of nitrogens with one attached hydrogen (secondary N) is 1. The van der Waals surface area contributed by atoms with Gasteiger partial charge in [-0.3, -0.25) is 0 Å². The number of nitrogen functional groups attached to an aromatic ring is 1. The van der Waals surface area contributed by atoms with Crippen molar-refractivity contribution in [1.29, 1.82) is 0 Å². The highest BCUT2D eigenvalue weighted by Gasteiger charge is 2.17. The number of unbranched alkanes of at least 4 members (excludes halogenated alkanes) is 7. The van der Waals surface area contributed by atoms with Crippen molar-refractivity contribution in [3.05, 3.63) is 18.3 Å². The fourth-order valence-electron chi connectivity index (χ4n) is 2.16. The molecule has 0 aromatic carbocycles. The van der Waals surface area contributed by atoms with Crippen LogP contribution < -0.4 is 10.5 Å². The van der Waals surface area contributed by atoms with E-state index >= 15 is 0 Å². The number of sulfonamides is 1. The molecule has 0 atom stereocenters. The summed E-state index contributed by atoms with van der Waals surface area (Å²) in [4.78, 5) is 3.83. The first-order valence-corrected chi connectivity index (χ1v) is 9.26. The molecule has 0 radical (unpaired) electrons. The molecule has 5 nitrogen and oxygen atoms in total. The quantitative estimate of drug-likeness (QED) is 0.615. The maximum Gasteiger partial charge on any atom is 0.260 e. The lowest BCUT2D eigenvalue weighted by molar-refractivity contribution is 0.557. The van der Waals surface area contributed by atoms with Crippen molar-refractivity contribution in [1.82, 2.24) is 9.71 Å². The molecule has 1 rings (SSSR count). The van der Waals surface area contributed by atoms with Crippen LogP contribution in [0.1, 0.15) is 58.3 Å². The van der Waals surface area contributed by atoms with Gasteiger partial charge in [0.05, 0.1) is 5.69 Å². The van der Waals surface area contributed by atoms with Crippen molar-refractivity contribution in [2.24, 2.45) is 0 Å². The number of rotatable bonds is 11. The molecule has 0 amide bonds. The predicted octanol–water partition coefficient (Wildman–Crippen LogP) is 3.08. The van der Waals surface area contributed by atoms with Gasteiger partial charge < -0.3 is 5.73 Å². The zero-order chi connectivity index (χ0) is 15.6. The van der Waals surface area contributed by atoms with Crippen LogP contribution in [0, 0.1) is 0 Å². The summed E-state index contributed by atoms with van der Waals surface area (Å²) in [7, 11) is -3.58. The van der Waals surface area contributed by atoms with E-state index in [9.17, 15) is 8.42 Å². The Bertz CT molecular complexity index is 503. The van der Waals surface area contributed by atoms with Gasteiger partial charge in [-0.15, -0.1) is 0 Å². The fraction of sp³-hybridized carbons (Fsp3) is 0.667. The van der Waals surface area contributed by atoms with Crippen LogP contribution in [0.4, 0.5) is 5.69 Å². The van der Waals surface area contributed by atoms with Crippen LogP contribution in [-0.4, -0.2) is 19.9 Å². The Labute approximate surface area is 128 Å². The third-order valence-electron chi connectivity index (χ3n) is 3.38. The third kappa shape index (κ3) is 6.91. The van der Waals surface area contributed by atoms with Gasteiger partial charge in [0.1, 0.15) is 0 Å². The Morgan fingerprint density at radius 2 is 1.71 bits per heavy atom. The van der Waals surface area contributed by atoms with Gasteiger partial charge in [-0.05, 0) is 18.6 Å². The van der Waals surface area contributed by atoms with Gasteiger partial charge in [-0.2, -0.15) is 0 Å². The van der Waals surface area contributed by atoms with E-state index in [4.69, 9.17) is 5.73 Å². The lowest BCUT2D eigenvalue weighted by Crippen LogP contribution is -2.26. The number of hydrogen-bond acceptors (Lipinski definition) is 4. The SMILES string of the molecule is CCCCCCCCCCNS(=O)(=O)c1ncccc1N. The van der Waals surface area contributed by atoms with Gasteiger partial charge in [0.15, 0.2) is 5.03 Å². The van der Waals surface area contributed by atoms with Gasteiger partial charge in [0, 0.05) is 12.7 Å². The summed E-state index contributed by atoms with van der Waals surface area (Å²) < 4.78 is 26.6.